The zero-order valence-electron chi connectivity index (χ0n) is 16.4. The van der Waals surface area contributed by atoms with Crippen molar-refractivity contribution in [3.8, 4) is 0 Å². The van der Waals surface area contributed by atoms with E-state index >= 15 is 0 Å². The molecule has 4 aromatic rings. The Morgan fingerprint density at radius 3 is 2.27 bits per heavy atom. The minimum atomic E-state index is -3.85. The van der Waals surface area contributed by atoms with Crippen molar-refractivity contribution in [1.29, 1.82) is 0 Å². The molecule has 0 N–H and O–H groups in total. The van der Waals surface area contributed by atoms with Crippen molar-refractivity contribution in [1.82, 2.24) is 3.97 Å². The fourth-order valence-corrected chi connectivity index (χ4v) is 5.61. The molecule has 0 amide bonds. The summed E-state index contributed by atoms with van der Waals surface area (Å²) < 4.78 is 28.5. The maximum Gasteiger partial charge on any atom is 0.268 e. The molecule has 1 aromatic heterocycles. The lowest BCUT2D eigenvalue weighted by atomic mass is 10.1. The minimum absolute atomic E-state index is 0.108. The molecular weight excluding hydrogens is 394 g/mol. The average Bonchev–Trinajstić information content (AvgIpc) is 3.23. The van der Waals surface area contributed by atoms with Crippen molar-refractivity contribution in [3.63, 3.8) is 0 Å². The molecule has 0 radical (unpaired) electrons. The van der Waals surface area contributed by atoms with Gasteiger partial charge in [-0.1, -0.05) is 66.2 Å². The van der Waals surface area contributed by atoms with Crippen LogP contribution in [0, 0.1) is 6.92 Å². The third kappa shape index (κ3) is 2.82. The first-order valence-electron chi connectivity index (χ1n) is 9.72. The normalized spacial score (nSPS) is 15.1. The van der Waals surface area contributed by atoms with Crippen molar-refractivity contribution < 1.29 is 13.2 Å². The number of carbonyl (C=O) groups is 1. The van der Waals surface area contributed by atoms with Gasteiger partial charge in [-0.25, -0.2) is 12.4 Å². The molecule has 4 nitrogen and oxygen atoms in total. The number of hydrogen-bond donors (Lipinski definition) is 0. The van der Waals surface area contributed by atoms with Crippen LogP contribution in [0.3, 0.4) is 0 Å². The molecule has 0 bridgehead atoms. The van der Waals surface area contributed by atoms with E-state index in [1.807, 2.05) is 55.5 Å². The van der Waals surface area contributed by atoms with Crippen LogP contribution in [0.15, 0.2) is 89.3 Å². The lowest BCUT2D eigenvalue weighted by molar-refractivity contribution is 0.104. The van der Waals surface area contributed by atoms with Gasteiger partial charge >= 0.3 is 0 Å². The smallest absolute Gasteiger partial charge is 0.268 e. The largest absolute Gasteiger partial charge is 0.289 e. The van der Waals surface area contributed by atoms with Gasteiger partial charge in [-0.15, -0.1) is 0 Å². The van der Waals surface area contributed by atoms with E-state index in [1.54, 1.807) is 36.4 Å². The van der Waals surface area contributed by atoms with Gasteiger partial charge in [-0.05, 0) is 36.8 Å². The van der Waals surface area contributed by atoms with Crippen LogP contribution in [0.5, 0.6) is 0 Å². The van der Waals surface area contributed by atoms with E-state index in [0.29, 0.717) is 27.7 Å². The van der Waals surface area contributed by atoms with Crippen LogP contribution >= 0.6 is 0 Å². The first-order chi connectivity index (χ1) is 14.5. The van der Waals surface area contributed by atoms with Crippen LogP contribution in [-0.4, -0.2) is 18.2 Å². The number of Topliss-reactive ketones (excluding diaryl/α,β-unsaturated/α-hetero) is 1. The number of aromatic nitrogens is 1. The first kappa shape index (κ1) is 18.6. The summed E-state index contributed by atoms with van der Waals surface area (Å²) >= 11 is 0. The van der Waals surface area contributed by atoms with Gasteiger partial charge in [0, 0.05) is 17.4 Å². The SMILES string of the molecule is Cc1ccc(S(=O)(=O)n2c3c(c4ccccc42)C(=O)/C(=C\c2ccccc2)C3)cc1. The molecule has 1 aliphatic rings. The molecule has 5 heteroatoms. The molecule has 0 aliphatic heterocycles. The summed E-state index contributed by atoms with van der Waals surface area (Å²) in [6.07, 6.45) is 2.13. The fraction of sp³-hybridized carbons (Fsp3) is 0.0800. The van der Waals surface area contributed by atoms with E-state index in [4.69, 9.17) is 0 Å². The standard InChI is InChI=1S/C25H19NO3S/c1-17-11-13-20(14-12-17)30(28,29)26-22-10-6-5-9-21(22)24-23(26)16-19(25(24)27)15-18-7-3-2-4-8-18/h2-15H,16H2,1H3/b19-15-. The van der Waals surface area contributed by atoms with Crippen LogP contribution < -0.4 is 0 Å². The van der Waals surface area contributed by atoms with E-state index in [9.17, 15) is 13.2 Å². The highest BCUT2D eigenvalue weighted by Gasteiger charge is 2.35. The molecule has 5 rings (SSSR count). The Balaban J connectivity index is 1.73. The highest BCUT2D eigenvalue weighted by Crippen LogP contribution is 2.38. The van der Waals surface area contributed by atoms with E-state index < -0.39 is 10.0 Å². The van der Waals surface area contributed by atoms with Crippen LogP contribution in [0.1, 0.15) is 27.2 Å². The molecule has 0 saturated heterocycles. The molecule has 1 heterocycles. The molecule has 0 atom stereocenters. The number of rotatable bonds is 3. The zero-order chi connectivity index (χ0) is 20.9. The summed E-state index contributed by atoms with van der Waals surface area (Å²) in [6.45, 7) is 1.92. The third-order valence-corrected chi connectivity index (χ3v) is 7.27. The van der Waals surface area contributed by atoms with E-state index in [0.717, 1.165) is 11.1 Å². The first-order valence-corrected chi connectivity index (χ1v) is 11.2. The number of fused-ring (bicyclic) bond motifs is 3. The molecule has 1 aliphatic carbocycles. The second-order valence-corrected chi connectivity index (χ2v) is 9.29. The predicted molar refractivity (Wildman–Crippen MR) is 118 cm³/mol. The summed E-state index contributed by atoms with van der Waals surface area (Å²) in [7, 11) is -3.85. The van der Waals surface area contributed by atoms with Crippen LogP contribution in [0.4, 0.5) is 0 Å². The summed E-state index contributed by atoms with van der Waals surface area (Å²) in [4.78, 5) is 13.5. The van der Waals surface area contributed by atoms with Gasteiger partial charge in [0.25, 0.3) is 10.0 Å². The highest BCUT2D eigenvalue weighted by atomic mass is 32.2. The molecule has 0 saturated carbocycles. The lowest BCUT2D eigenvalue weighted by Gasteiger charge is -2.11. The Morgan fingerprint density at radius 2 is 1.53 bits per heavy atom. The second kappa shape index (κ2) is 6.82. The Labute approximate surface area is 175 Å². The Morgan fingerprint density at radius 1 is 0.867 bits per heavy atom. The fourth-order valence-electron chi connectivity index (χ4n) is 4.06. The number of benzene rings is 3. The Bertz CT molecular complexity index is 1430. The number of aryl methyl sites for hydroxylation is 1. The van der Waals surface area contributed by atoms with Crippen LogP contribution in [0.25, 0.3) is 17.0 Å². The minimum Gasteiger partial charge on any atom is -0.289 e. The summed E-state index contributed by atoms with van der Waals surface area (Å²) in [5, 5.41) is 0.671. The number of nitrogens with zero attached hydrogens (tertiary/aromatic N) is 1. The highest BCUT2D eigenvalue weighted by molar-refractivity contribution is 7.90. The second-order valence-electron chi connectivity index (χ2n) is 7.51. The van der Waals surface area contributed by atoms with Crippen LogP contribution in [-0.2, 0) is 16.4 Å². The van der Waals surface area contributed by atoms with E-state index in [-0.39, 0.29) is 17.1 Å². The molecule has 30 heavy (non-hydrogen) atoms. The molecule has 0 fully saturated rings. The molecule has 148 valence electrons. The van der Waals surface area contributed by atoms with Crippen molar-refractivity contribution in [2.24, 2.45) is 0 Å². The number of allylic oxidation sites excluding steroid dienone is 1. The van der Waals surface area contributed by atoms with Gasteiger partial charge in [0.2, 0.25) is 0 Å². The number of ketones is 1. The zero-order valence-corrected chi connectivity index (χ0v) is 17.2. The molecule has 3 aromatic carbocycles. The van der Waals surface area contributed by atoms with Crippen LogP contribution in [0.2, 0.25) is 0 Å². The van der Waals surface area contributed by atoms with E-state index in [1.165, 1.54) is 3.97 Å². The predicted octanol–water partition coefficient (Wildman–Crippen LogP) is 5.01. The summed E-state index contributed by atoms with van der Waals surface area (Å²) in [5.41, 5.74) is 4.07. The average molecular weight is 413 g/mol. The maximum absolute atomic E-state index is 13.6. The van der Waals surface area contributed by atoms with Gasteiger partial charge < -0.3 is 0 Å². The maximum atomic E-state index is 13.6. The van der Waals surface area contributed by atoms with Gasteiger partial charge in [-0.2, -0.15) is 0 Å². The number of para-hydroxylation sites is 1. The van der Waals surface area contributed by atoms with Crippen molar-refractivity contribution in [2.75, 3.05) is 0 Å². The Hall–Kier alpha value is -3.44. The van der Waals surface area contributed by atoms with Gasteiger partial charge in [0.1, 0.15) is 0 Å². The summed E-state index contributed by atoms with van der Waals surface area (Å²) in [6, 6.07) is 23.6. The molecule has 0 spiro atoms. The van der Waals surface area contributed by atoms with Gasteiger partial charge in [0.15, 0.2) is 5.78 Å². The van der Waals surface area contributed by atoms with Crippen molar-refractivity contribution in [3.05, 3.63) is 107 Å². The number of carbonyl (C=O) groups excluding carboxylic acids is 1. The third-order valence-electron chi connectivity index (χ3n) is 5.50. The summed E-state index contributed by atoms with van der Waals surface area (Å²) in [5.74, 6) is -0.108. The Kier molecular flexibility index (Phi) is 4.22. The monoisotopic (exact) mass is 413 g/mol. The van der Waals surface area contributed by atoms with E-state index in [2.05, 4.69) is 0 Å². The molecular formula is C25H19NO3S. The molecule has 0 unspecified atom stereocenters. The van der Waals surface area contributed by atoms with Crippen molar-refractivity contribution in [2.45, 2.75) is 18.2 Å². The van der Waals surface area contributed by atoms with Gasteiger partial charge in [0.05, 0.1) is 21.7 Å². The quantitative estimate of drug-likeness (QED) is 0.444. The van der Waals surface area contributed by atoms with Crippen molar-refractivity contribution >= 4 is 32.8 Å². The van der Waals surface area contributed by atoms with Gasteiger partial charge in [-0.3, -0.25) is 4.79 Å². The lowest BCUT2D eigenvalue weighted by Crippen LogP contribution is -2.15. The topological polar surface area (TPSA) is 56.1 Å². The number of hydrogen-bond acceptors (Lipinski definition) is 3.